The number of rotatable bonds is 12. The highest BCUT2D eigenvalue weighted by molar-refractivity contribution is 5.68. The van der Waals surface area contributed by atoms with E-state index < -0.39 is 0 Å². The average molecular weight is 292 g/mol. The molecule has 0 aromatic rings. The van der Waals surface area contributed by atoms with E-state index in [0.29, 0.717) is 6.42 Å². The minimum atomic E-state index is -0.122. The molecule has 2 heteroatoms. The molecule has 120 valence electrons. The van der Waals surface area contributed by atoms with Gasteiger partial charge in [0.2, 0.25) is 0 Å². The van der Waals surface area contributed by atoms with Crippen molar-refractivity contribution < 1.29 is 9.53 Å². The summed E-state index contributed by atoms with van der Waals surface area (Å²) in [5.74, 6) is 6.23. The molecule has 0 heterocycles. The van der Waals surface area contributed by atoms with E-state index in [0.717, 1.165) is 32.1 Å². The Balaban J connectivity index is 3.27. The molecule has 0 N–H and O–H groups in total. The van der Waals surface area contributed by atoms with Crippen LogP contribution in [0.5, 0.6) is 0 Å². The number of carbonyl (C=O) groups is 1. The molecule has 0 aliphatic rings. The van der Waals surface area contributed by atoms with E-state index in [1.807, 2.05) is 0 Å². The number of hydrogen-bond donors (Lipinski definition) is 0. The predicted octanol–water partition coefficient (Wildman–Crippen LogP) is 5.42. The second-order valence-electron chi connectivity index (χ2n) is 5.35. The third-order valence-electron chi connectivity index (χ3n) is 3.36. The maximum absolute atomic E-state index is 10.9. The number of carbonyl (C=O) groups excluding carboxylic acids is 1. The highest BCUT2D eigenvalue weighted by Crippen LogP contribution is 2.05. The minimum absolute atomic E-state index is 0.122. The number of allylic oxidation sites excluding steroid dienone is 2. The van der Waals surface area contributed by atoms with E-state index in [-0.39, 0.29) is 5.97 Å². The van der Waals surface area contributed by atoms with Gasteiger partial charge in [-0.3, -0.25) is 4.79 Å². The van der Waals surface area contributed by atoms with Crippen molar-refractivity contribution in [3.05, 3.63) is 12.2 Å². The van der Waals surface area contributed by atoms with Gasteiger partial charge in [-0.05, 0) is 32.1 Å². The Bertz CT molecular complexity index is 320. The topological polar surface area (TPSA) is 26.3 Å². The smallest absolute Gasteiger partial charge is 0.305 e. The van der Waals surface area contributed by atoms with Crippen molar-refractivity contribution in [1.29, 1.82) is 0 Å². The molecular weight excluding hydrogens is 260 g/mol. The van der Waals surface area contributed by atoms with E-state index in [1.54, 1.807) is 0 Å². The molecule has 0 atom stereocenters. The van der Waals surface area contributed by atoms with Crippen LogP contribution in [-0.2, 0) is 9.53 Å². The maximum atomic E-state index is 10.9. The van der Waals surface area contributed by atoms with Crippen LogP contribution in [0.3, 0.4) is 0 Å². The summed E-state index contributed by atoms with van der Waals surface area (Å²) in [6.45, 7) is 2.25. The molecular formula is C19H32O2. The monoisotopic (exact) mass is 292 g/mol. The van der Waals surface area contributed by atoms with E-state index in [4.69, 9.17) is 0 Å². The van der Waals surface area contributed by atoms with Gasteiger partial charge >= 0.3 is 5.97 Å². The minimum Gasteiger partial charge on any atom is -0.469 e. The lowest BCUT2D eigenvalue weighted by atomic mass is 10.1. The number of hydrogen-bond acceptors (Lipinski definition) is 2. The Labute approximate surface area is 131 Å². The molecule has 0 fully saturated rings. The third-order valence-corrected chi connectivity index (χ3v) is 3.36. The Hall–Kier alpha value is -1.23. The summed E-state index contributed by atoms with van der Waals surface area (Å²) in [5.41, 5.74) is 0. The first-order chi connectivity index (χ1) is 10.3. The first-order valence-electron chi connectivity index (χ1n) is 8.48. The molecule has 0 spiro atoms. The zero-order valence-corrected chi connectivity index (χ0v) is 14.0. The van der Waals surface area contributed by atoms with Crippen molar-refractivity contribution >= 4 is 5.97 Å². The van der Waals surface area contributed by atoms with E-state index in [9.17, 15) is 4.79 Å². The largest absolute Gasteiger partial charge is 0.469 e. The summed E-state index contributed by atoms with van der Waals surface area (Å²) in [6, 6.07) is 0. The first kappa shape index (κ1) is 19.8. The van der Waals surface area contributed by atoms with Crippen molar-refractivity contribution in [1.82, 2.24) is 0 Å². The van der Waals surface area contributed by atoms with E-state index in [2.05, 4.69) is 35.7 Å². The fraction of sp³-hybridized carbons (Fsp3) is 0.737. The number of ether oxygens (including phenoxy) is 1. The van der Waals surface area contributed by atoms with Gasteiger partial charge in [0.15, 0.2) is 0 Å². The van der Waals surface area contributed by atoms with Gasteiger partial charge in [0, 0.05) is 19.3 Å². The Morgan fingerprint density at radius 3 is 2.38 bits per heavy atom. The lowest BCUT2D eigenvalue weighted by Crippen LogP contribution is -1.98. The van der Waals surface area contributed by atoms with Gasteiger partial charge < -0.3 is 4.74 Å². The van der Waals surface area contributed by atoms with E-state index >= 15 is 0 Å². The number of methoxy groups -OCH3 is 1. The van der Waals surface area contributed by atoms with Crippen LogP contribution < -0.4 is 0 Å². The molecule has 21 heavy (non-hydrogen) atoms. The molecule has 0 rings (SSSR count). The molecule has 0 saturated heterocycles. The standard InChI is InChI=1S/C19H32O2/c1-3-4-5-6-7-8-9-10-11-12-13-14-15-16-17-18-19(20)21-2/h9-10H,3-8,11-12,15-18H2,1-2H3. The lowest BCUT2D eigenvalue weighted by molar-refractivity contribution is -0.140. The van der Waals surface area contributed by atoms with Gasteiger partial charge in [-0.2, -0.15) is 0 Å². The van der Waals surface area contributed by atoms with Crippen LogP contribution in [0.1, 0.15) is 84.0 Å². The predicted molar refractivity (Wildman–Crippen MR) is 90.0 cm³/mol. The molecule has 0 saturated carbocycles. The molecule has 0 unspecified atom stereocenters. The van der Waals surface area contributed by atoms with Gasteiger partial charge in [0.05, 0.1) is 7.11 Å². The zero-order chi connectivity index (χ0) is 15.6. The highest BCUT2D eigenvalue weighted by atomic mass is 16.5. The fourth-order valence-electron chi connectivity index (χ4n) is 2.02. The summed E-state index contributed by atoms with van der Waals surface area (Å²) >= 11 is 0. The first-order valence-corrected chi connectivity index (χ1v) is 8.48. The van der Waals surface area contributed by atoms with Gasteiger partial charge in [-0.15, -0.1) is 11.8 Å². The normalized spacial score (nSPS) is 10.4. The zero-order valence-electron chi connectivity index (χ0n) is 14.0. The quantitative estimate of drug-likeness (QED) is 0.208. The fourth-order valence-corrected chi connectivity index (χ4v) is 2.02. The second kappa shape index (κ2) is 16.8. The Morgan fingerprint density at radius 2 is 1.62 bits per heavy atom. The van der Waals surface area contributed by atoms with Crippen molar-refractivity contribution in [3.8, 4) is 11.8 Å². The molecule has 0 aromatic heterocycles. The molecule has 0 radical (unpaired) electrons. The Morgan fingerprint density at radius 1 is 0.905 bits per heavy atom. The van der Waals surface area contributed by atoms with Crippen LogP contribution in [0, 0.1) is 11.8 Å². The SMILES string of the molecule is CCCCCCCC=CCCC#CCCCCC(=O)OC. The maximum Gasteiger partial charge on any atom is 0.305 e. The molecule has 0 aliphatic heterocycles. The van der Waals surface area contributed by atoms with Crippen molar-refractivity contribution in [2.75, 3.05) is 7.11 Å². The van der Waals surface area contributed by atoms with Crippen molar-refractivity contribution in [2.45, 2.75) is 84.0 Å². The summed E-state index contributed by atoms with van der Waals surface area (Å²) in [7, 11) is 1.43. The third kappa shape index (κ3) is 16.7. The van der Waals surface area contributed by atoms with Crippen molar-refractivity contribution in [2.24, 2.45) is 0 Å². The highest BCUT2D eigenvalue weighted by Gasteiger charge is 1.97. The molecule has 0 bridgehead atoms. The Kier molecular flexibility index (Phi) is 15.8. The van der Waals surface area contributed by atoms with Crippen LogP contribution in [0.25, 0.3) is 0 Å². The average Bonchev–Trinajstić information content (AvgIpc) is 2.50. The van der Waals surface area contributed by atoms with Gasteiger partial charge in [0.1, 0.15) is 0 Å². The number of esters is 1. The summed E-state index contributed by atoms with van der Waals surface area (Å²) in [4.78, 5) is 10.9. The van der Waals surface area contributed by atoms with Crippen LogP contribution in [-0.4, -0.2) is 13.1 Å². The van der Waals surface area contributed by atoms with Gasteiger partial charge in [-0.1, -0.05) is 44.8 Å². The molecule has 0 aliphatic carbocycles. The van der Waals surface area contributed by atoms with Crippen molar-refractivity contribution in [3.63, 3.8) is 0 Å². The van der Waals surface area contributed by atoms with E-state index in [1.165, 1.54) is 45.6 Å². The second-order valence-corrected chi connectivity index (χ2v) is 5.35. The molecule has 0 aromatic carbocycles. The lowest BCUT2D eigenvalue weighted by Gasteiger charge is -1.96. The summed E-state index contributed by atoms with van der Waals surface area (Å²) in [6.07, 6.45) is 17.8. The van der Waals surface area contributed by atoms with Crippen LogP contribution in [0.4, 0.5) is 0 Å². The van der Waals surface area contributed by atoms with Crippen LogP contribution in [0.2, 0.25) is 0 Å². The van der Waals surface area contributed by atoms with Gasteiger partial charge in [0.25, 0.3) is 0 Å². The molecule has 0 amide bonds. The van der Waals surface area contributed by atoms with Crippen LogP contribution in [0.15, 0.2) is 12.2 Å². The number of unbranched alkanes of at least 4 members (excludes halogenated alkanes) is 8. The van der Waals surface area contributed by atoms with Gasteiger partial charge in [-0.25, -0.2) is 0 Å². The summed E-state index contributed by atoms with van der Waals surface area (Å²) in [5, 5.41) is 0. The van der Waals surface area contributed by atoms with Crippen LogP contribution >= 0.6 is 0 Å². The summed E-state index contributed by atoms with van der Waals surface area (Å²) < 4.78 is 4.59. The molecule has 2 nitrogen and oxygen atoms in total.